The van der Waals surface area contributed by atoms with Gasteiger partial charge in [-0.25, -0.2) is 4.98 Å². The fourth-order valence-electron chi connectivity index (χ4n) is 5.88. The zero-order valence-electron chi connectivity index (χ0n) is 20.8. The number of carbonyl (C=O) groups excluding carboxylic acids is 1. The van der Waals surface area contributed by atoms with E-state index in [1.807, 2.05) is 12.1 Å². The Balaban J connectivity index is 1.47. The van der Waals surface area contributed by atoms with Gasteiger partial charge in [0.25, 0.3) is 5.91 Å². The summed E-state index contributed by atoms with van der Waals surface area (Å²) in [6.45, 7) is 4.82. The molecule has 1 N–H and O–H groups in total. The van der Waals surface area contributed by atoms with Crippen LogP contribution in [0.25, 0.3) is 16.7 Å². The highest BCUT2D eigenvalue weighted by atomic mass is 35.5. The molecule has 8 heteroatoms. The highest BCUT2D eigenvalue weighted by Gasteiger charge is 2.38. The first-order chi connectivity index (χ1) is 17.5. The number of fused-ring (bicyclic) bond motifs is 1. The number of benzene rings is 1. The predicted octanol–water partition coefficient (Wildman–Crippen LogP) is 4.62. The summed E-state index contributed by atoms with van der Waals surface area (Å²) in [6, 6.07) is 11.2. The molecule has 3 aromatic rings. The van der Waals surface area contributed by atoms with E-state index in [1.165, 1.54) is 25.7 Å². The van der Waals surface area contributed by atoms with Crippen LogP contribution >= 0.6 is 11.6 Å². The molecule has 1 aliphatic heterocycles. The van der Waals surface area contributed by atoms with Crippen molar-refractivity contribution in [1.82, 2.24) is 24.7 Å². The van der Waals surface area contributed by atoms with E-state index in [0.717, 1.165) is 44.5 Å². The van der Waals surface area contributed by atoms with E-state index in [2.05, 4.69) is 33.2 Å². The predicted molar refractivity (Wildman–Crippen MR) is 143 cm³/mol. The lowest BCUT2D eigenvalue weighted by Crippen LogP contribution is -2.60. The van der Waals surface area contributed by atoms with Crippen LogP contribution in [0.1, 0.15) is 54.4 Å². The van der Waals surface area contributed by atoms with E-state index >= 15 is 0 Å². The van der Waals surface area contributed by atoms with E-state index in [4.69, 9.17) is 11.6 Å². The smallest absolute Gasteiger partial charge is 0.253 e. The first-order valence-electron chi connectivity index (χ1n) is 12.9. The summed E-state index contributed by atoms with van der Waals surface area (Å²) in [5.41, 5.74) is 1.69. The third-order valence-corrected chi connectivity index (χ3v) is 8.26. The Morgan fingerprint density at radius 1 is 1.11 bits per heavy atom. The first-order valence-corrected chi connectivity index (χ1v) is 13.3. The molecule has 5 rings (SSSR count). The molecule has 188 valence electrons. The quantitative estimate of drug-likeness (QED) is 0.513. The van der Waals surface area contributed by atoms with Gasteiger partial charge in [-0.05, 0) is 44.2 Å². The van der Waals surface area contributed by atoms with E-state index in [0.29, 0.717) is 33.9 Å². The molecular weight excluding hydrogens is 472 g/mol. The van der Waals surface area contributed by atoms with Gasteiger partial charge in [0.1, 0.15) is 6.07 Å². The second-order valence-electron chi connectivity index (χ2n) is 10.1. The number of likely N-dealkylation sites (N-methyl/N-ethyl adjacent to an activating group) is 1. The number of carbonyl (C=O) groups is 1. The summed E-state index contributed by atoms with van der Waals surface area (Å²) >= 11 is 6.62. The van der Waals surface area contributed by atoms with Crippen LogP contribution in [0.2, 0.25) is 5.02 Å². The molecule has 0 spiro atoms. The van der Waals surface area contributed by atoms with Gasteiger partial charge in [-0.1, -0.05) is 43.4 Å². The average molecular weight is 505 g/mol. The van der Waals surface area contributed by atoms with E-state index < -0.39 is 0 Å². The zero-order chi connectivity index (χ0) is 25.1. The number of aromatic nitrogens is 2. The third kappa shape index (κ3) is 4.73. The van der Waals surface area contributed by atoms with Crippen LogP contribution in [-0.4, -0.2) is 70.6 Å². The Hall–Kier alpha value is -2.92. The number of amides is 1. The van der Waals surface area contributed by atoms with E-state index in [1.54, 1.807) is 35.2 Å². The minimum absolute atomic E-state index is 0.00938. The molecule has 36 heavy (non-hydrogen) atoms. The van der Waals surface area contributed by atoms with Crippen molar-refractivity contribution < 1.29 is 4.79 Å². The maximum atomic E-state index is 13.7. The Morgan fingerprint density at radius 3 is 2.58 bits per heavy atom. The van der Waals surface area contributed by atoms with Crippen molar-refractivity contribution in [2.24, 2.45) is 0 Å². The normalized spacial score (nSPS) is 19.0. The van der Waals surface area contributed by atoms with Crippen molar-refractivity contribution >= 4 is 28.4 Å². The van der Waals surface area contributed by atoms with Gasteiger partial charge in [-0.3, -0.25) is 14.3 Å². The van der Waals surface area contributed by atoms with Crippen LogP contribution in [0.3, 0.4) is 0 Å². The number of piperazine rings is 1. The standard InChI is InChI=1S/C28H33ClN6O/c1-33-14-16-34(17-15-33)28(11-4-2-3-5-12-28)20-32-27(36)22-19-35(24-10-6-9-23(29)25(22)24)26-21(18-30)8-7-13-31-26/h6-10,13,19H,2-5,11-12,14-17,20H2,1H3,(H,32,36). The minimum atomic E-state index is -0.140. The fourth-order valence-corrected chi connectivity index (χ4v) is 6.15. The topological polar surface area (TPSA) is 77.2 Å². The SMILES string of the molecule is CN1CCN(C2(CNC(=O)c3cn(-c4ncccc4C#N)c4cccc(Cl)c34)CCCCCC2)CC1. The summed E-state index contributed by atoms with van der Waals surface area (Å²) in [5, 5.41) is 14.1. The second kappa shape index (κ2) is 10.6. The lowest BCUT2D eigenvalue weighted by molar-refractivity contribution is 0.0276. The molecule has 1 saturated heterocycles. The van der Waals surface area contributed by atoms with Crippen LogP contribution in [0, 0.1) is 11.3 Å². The molecular formula is C28H33ClN6O. The number of nitriles is 1. The molecule has 0 radical (unpaired) electrons. The monoisotopic (exact) mass is 504 g/mol. The summed E-state index contributed by atoms with van der Waals surface area (Å²) in [4.78, 5) is 23.2. The summed E-state index contributed by atoms with van der Waals surface area (Å²) < 4.78 is 1.80. The third-order valence-electron chi connectivity index (χ3n) is 7.94. The van der Waals surface area contributed by atoms with Gasteiger partial charge < -0.3 is 10.2 Å². The van der Waals surface area contributed by atoms with Crippen molar-refractivity contribution in [2.45, 2.75) is 44.1 Å². The Morgan fingerprint density at radius 2 is 1.86 bits per heavy atom. The molecule has 1 amide bonds. The van der Waals surface area contributed by atoms with Gasteiger partial charge in [-0.15, -0.1) is 0 Å². The van der Waals surface area contributed by atoms with Crippen LogP contribution in [0.5, 0.6) is 0 Å². The molecule has 0 bridgehead atoms. The number of nitrogens with zero attached hydrogens (tertiary/aromatic N) is 5. The van der Waals surface area contributed by atoms with Gasteiger partial charge in [0, 0.05) is 56.0 Å². The maximum Gasteiger partial charge on any atom is 0.253 e. The minimum Gasteiger partial charge on any atom is -0.350 e. The average Bonchev–Trinajstić information content (AvgIpc) is 3.13. The molecule has 3 heterocycles. The Bertz CT molecular complexity index is 1280. The number of halogens is 1. The summed E-state index contributed by atoms with van der Waals surface area (Å²) in [6.07, 6.45) is 10.6. The van der Waals surface area contributed by atoms with Gasteiger partial charge >= 0.3 is 0 Å². The highest BCUT2D eigenvalue weighted by Crippen LogP contribution is 2.34. The molecule has 2 fully saturated rings. The van der Waals surface area contributed by atoms with Crippen molar-refractivity contribution in [1.29, 1.82) is 5.26 Å². The molecule has 2 aliphatic rings. The van der Waals surface area contributed by atoms with Crippen molar-refractivity contribution in [3.05, 3.63) is 58.9 Å². The number of pyridine rings is 1. The van der Waals surface area contributed by atoms with Crippen molar-refractivity contribution in [3.63, 3.8) is 0 Å². The molecule has 0 unspecified atom stereocenters. The van der Waals surface area contributed by atoms with Crippen LogP contribution < -0.4 is 5.32 Å². The van der Waals surface area contributed by atoms with Crippen molar-refractivity contribution in [2.75, 3.05) is 39.8 Å². The van der Waals surface area contributed by atoms with Crippen LogP contribution in [-0.2, 0) is 0 Å². The molecule has 7 nitrogen and oxygen atoms in total. The van der Waals surface area contributed by atoms with E-state index in [-0.39, 0.29) is 11.4 Å². The molecule has 1 saturated carbocycles. The van der Waals surface area contributed by atoms with Crippen LogP contribution in [0.4, 0.5) is 0 Å². The van der Waals surface area contributed by atoms with Gasteiger partial charge in [0.05, 0.1) is 21.7 Å². The molecule has 1 aromatic carbocycles. The lowest BCUT2D eigenvalue weighted by atomic mass is 9.87. The fraction of sp³-hybridized carbons (Fsp3) is 0.464. The summed E-state index contributed by atoms with van der Waals surface area (Å²) in [7, 11) is 2.18. The maximum absolute atomic E-state index is 13.7. The van der Waals surface area contributed by atoms with Gasteiger partial charge in [0.2, 0.25) is 0 Å². The Labute approximate surface area is 217 Å². The number of nitrogens with one attached hydrogen (secondary N) is 1. The Kier molecular flexibility index (Phi) is 7.29. The second-order valence-corrected chi connectivity index (χ2v) is 10.6. The molecule has 1 aliphatic carbocycles. The number of hydrogen-bond acceptors (Lipinski definition) is 5. The van der Waals surface area contributed by atoms with E-state index in [9.17, 15) is 10.1 Å². The lowest BCUT2D eigenvalue weighted by Gasteiger charge is -2.47. The summed E-state index contributed by atoms with van der Waals surface area (Å²) in [5.74, 6) is 0.350. The zero-order valence-corrected chi connectivity index (χ0v) is 21.6. The largest absolute Gasteiger partial charge is 0.350 e. The van der Waals surface area contributed by atoms with Crippen molar-refractivity contribution in [3.8, 4) is 11.9 Å². The van der Waals surface area contributed by atoms with Gasteiger partial charge in [0.15, 0.2) is 5.82 Å². The molecule has 2 aromatic heterocycles. The first kappa shape index (κ1) is 24.8. The van der Waals surface area contributed by atoms with Crippen LogP contribution in [0.15, 0.2) is 42.7 Å². The van der Waals surface area contributed by atoms with Gasteiger partial charge in [-0.2, -0.15) is 5.26 Å². The number of rotatable bonds is 5. The molecule has 0 atom stereocenters. The number of hydrogen-bond donors (Lipinski definition) is 1. The highest BCUT2D eigenvalue weighted by molar-refractivity contribution is 6.37.